The first-order valence-electron chi connectivity index (χ1n) is 10.5. The number of nitrogens with one attached hydrogen (secondary N) is 2. The van der Waals surface area contributed by atoms with E-state index in [0.717, 1.165) is 50.7 Å². The highest BCUT2D eigenvalue weighted by Crippen LogP contribution is 2.33. The Kier molecular flexibility index (Phi) is 9.46. The summed E-state index contributed by atoms with van der Waals surface area (Å²) in [5.74, 6) is 1.39. The summed E-state index contributed by atoms with van der Waals surface area (Å²) in [6, 6.07) is 0.553. The molecule has 2 fully saturated rings. The van der Waals surface area contributed by atoms with Gasteiger partial charge >= 0.3 is 6.03 Å². The summed E-state index contributed by atoms with van der Waals surface area (Å²) in [6.45, 7) is 6.50. The molecule has 2 saturated heterocycles. The fraction of sp³-hybridized carbons (Fsp3) is 0.727. The van der Waals surface area contributed by atoms with Gasteiger partial charge in [-0.05, 0) is 52.4 Å². The molecule has 3 atom stereocenters. The molecule has 152 valence electrons. The van der Waals surface area contributed by atoms with E-state index in [9.17, 15) is 9.59 Å². The van der Waals surface area contributed by atoms with E-state index < -0.39 is 0 Å². The van der Waals surface area contributed by atoms with Crippen LogP contribution in [0.3, 0.4) is 0 Å². The Hall–Kier alpha value is -1.23. The summed E-state index contributed by atoms with van der Waals surface area (Å²) in [5.41, 5.74) is 2.79. The zero-order valence-corrected chi connectivity index (χ0v) is 18.0. The first-order valence-corrected chi connectivity index (χ1v) is 11.6. The molecule has 5 heteroatoms. The Morgan fingerprint density at radius 2 is 1.85 bits per heavy atom. The van der Waals surface area contributed by atoms with E-state index in [0.29, 0.717) is 29.9 Å². The number of carbonyl (C=O) groups excluding carboxylic acids is 2. The Morgan fingerprint density at radius 1 is 1.07 bits per heavy atom. The normalized spacial score (nSPS) is 25.3. The Bertz CT molecular complexity index is 571. The van der Waals surface area contributed by atoms with Crippen molar-refractivity contribution < 1.29 is 9.59 Å². The smallest absolute Gasteiger partial charge is 0.315 e. The molecule has 2 aliphatic rings. The second-order valence-corrected chi connectivity index (χ2v) is 9.23. The lowest BCUT2D eigenvalue weighted by atomic mass is 10.0. The van der Waals surface area contributed by atoms with Crippen molar-refractivity contribution in [2.75, 3.05) is 5.75 Å². The van der Waals surface area contributed by atoms with Gasteiger partial charge in [-0.25, -0.2) is 4.79 Å². The van der Waals surface area contributed by atoms with Gasteiger partial charge in [-0.2, -0.15) is 11.8 Å². The molecule has 0 aromatic heterocycles. The molecule has 0 aliphatic carbocycles. The molecular formula is C22H36N2O2S. The lowest BCUT2D eigenvalue weighted by Gasteiger charge is -2.16. The van der Waals surface area contributed by atoms with Crippen molar-refractivity contribution in [2.45, 2.75) is 95.9 Å². The summed E-state index contributed by atoms with van der Waals surface area (Å²) in [5, 5.41) is 6.51. The number of thioether (sulfide) groups is 1. The predicted molar refractivity (Wildman–Crippen MR) is 115 cm³/mol. The minimum atomic E-state index is -0.0227. The van der Waals surface area contributed by atoms with Gasteiger partial charge in [-0.3, -0.25) is 4.79 Å². The average Bonchev–Trinajstić information content (AvgIpc) is 3.16. The number of unbranched alkanes of at least 4 members (excludes halogenated alkanes) is 1. The molecule has 0 unspecified atom stereocenters. The minimum Gasteiger partial charge on any atom is -0.332 e. The number of Topliss-reactive ketones (excluding diaryl/α,β-unsaturated/α-hetero) is 1. The van der Waals surface area contributed by atoms with Crippen LogP contribution in [-0.4, -0.2) is 34.9 Å². The van der Waals surface area contributed by atoms with E-state index >= 15 is 0 Å². The maximum absolute atomic E-state index is 12.1. The number of rotatable bonds is 12. The number of hydrogen-bond acceptors (Lipinski definition) is 3. The van der Waals surface area contributed by atoms with Gasteiger partial charge in [0.05, 0.1) is 12.1 Å². The lowest BCUT2D eigenvalue weighted by Crippen LogP contribution is -2.36. The monoisotopic (exact) mass is 392 g/mol. The molecule has 2 amide bonds. The quantitative estimate of drug-likeness (QED) is 0.274. The minimum absolute atomic E-state index is 0.0227. The first kappa shape index (κ1) is 22.1. The molecule has 2 N–H and O–H groups in total. The van der Waals surface area contributed by atoms with Gasteiger partial charge in [-0.1, -0.05) is 36.6 Å². The molecule has 0 aromatic rings. The van der Waals surface area contributed by atoms with E-state index in [1.807, 2.05) is 11.8 Å². The second-order valence-electron chi connectivity index (χ2n) is 7.95. The van der Waals surface area contributed by atoms with Gasteiger partial charge in [0.25, 0.3) is 0 Å². The summed E-state index contributed by atoms with van der Waals surface area (Å²) in [4.78, 5) is 23.5. The van der Waals surface area contributed by atoms with Crippen LogP contribution in [0, 0.1) is 0 Å². The Morgan fingerprint density at radius 3 is 2.63 bits per heavy atom. The molecular weight excluding hydrogens is 356 g/mol. The molecule has 0 radical (unpaired) electrons. The van der Waals surface area contributed by atoms with Gasteiger partial charge < -0.3 is 10.6 Å². The molecule has 2 rings (SSSR count). The Balaban J connectivity index is 1.53. The fourth-order valence-electron chi connectivity index (χ4n) is 3.87. The van der Waals surface area contributed by atoms with E-state index in [4.69, 9.17) is 0 Å². The Labute approximate surface area is 169 Å². The van der Waals surface area contributed by atoms with Gasteiger partial charge in [0.2, 0.25) is 0 Å². The van der Waals surface area contributed by atoms with Crippen LogP contribution in [0.2, 0.25) is 0 Å². The highest BCUT2D eigenvalue weighted by Gasteiger charge is 2.42. The number of ketones is 1. The molecule has 2 aliphatic heterocycles. The van der Waals surface area contributed by atoms with Crippen molar-refractivity contribution in [3.8, 4) is 0 Å². The molecule has 0 aromatic carbocycles. The van der Waals surface area contributed by atoms with Crippen molar-refractivity contribution in [3.63, 3.8) is 0 Å². The third kappa shape index (κ3) is 7.73. The molecule has 2 heterocycles. The zero-order valence-electron chi connectivity index (χ0n) is 17.2. The number of urea groups is 1. The SMILES string of the molecule is CC/C=C(\C)CC/C=C(\C)CCC(=O)CCCC[C@@H]1SC[C@@H]2NC(=O)N[C@@H]21. The molecule has 0 bridgehead atoms. The molecule has 4 nitrogen and oxygen atoms in total. The standard InChI is InChI=1S/C22H36N2O2S/c1-4-8-16(2)9-7-10-17(3)13-14-18(25)11-5-6-12-20-21-19(15-27-20)23-22(26)24-21/h8,10,19-21H,4-7,9,11-15H2,1-3H3,(H2,23,24,26)/b16-8+,17-10+/t19-,20-,21-/m0/s1. The number of allylic oxidation sites excluding steroid dienone is 4. The topological polar surface area (TPSA) is 58.2 Å². The van der Waals surface area contributed by atoms with Crippen LogP contribution >= 0.6 is 11.8 Å². The summed E-state index contributed by atoms with van der Waals surface area (Å²) < 4.78 is 0. The highest BCUT2D eigenvalue weighted by atomic mass is 32.2. The van der Waals surface area contributed by atoms with Crippen molar-refractivity contribution in [1.29, 1.82) is 0 Å². The lowest BCUT2D eigenvalue weighted by molar-refractivity contribution is -0.119. The van der Waals surface area contributed by atoms with E-state index in [2.05, 4.69) is 43.6 Å². The van der Waals surface area contributed by atoms with E-state index in [1.54, 1.807) is 0 Å². The molecule has 27 heavy (non-hydrogen) atoms. The van der Waals surface area contributed by atoms with Crippen molar-refractivity contribution in [1.82, 2.24) is 10.6 Å². The van der Waals surface area contributed by atoms with Gasteiger partial charge in [0.15, 0.2) is 0 Å². The molecule has 0 spiro atoms. The van der Waals surface area contributed by atoms with E-state index in [-0.39, 0.29) is 12.1 Å². The zero-order chi connectivity index (χ0) is 19.6. The largest absolute Gasteiger partial charge is 0.332 e. The van der Waals surface area contributed by atoms with Crippen LogP contribution in [0.25, 0.3) is 0 Å². The maximum Gasteiger partial charge on any atom is 0.315 e. The van der Waals surface area contributed by atoms with Crippen LogP contribution in [-0.2, 0) is 4.79 Å². The van der Waals surface area contributed by atoms with Crippen molar-refractivity contribution >= 4 is 23.6 Å². The van der Waals surface area contributed by atoms with Gasteiger partial charge in [-0.15, -0.1) is 0 Å². The highest BCUT2D eigenvalue weighted by molar-refractivity contribution is 8.00. The molecule has 0 saturated carbocycles. The number of hydrogen-bond donors (Lipinski definition) is 2. The van der Waals surface area contributed by atoms with Crippen molar-refractivity contribution in [2.24, 2.45) is 0 Å². The van der Waals surface area contributed by atoms with Gasteiger partial charge in [0.1, 0.15) is 5.78 Å². The fourth-order valence-corrected chi connectivity index (χ4v) is 5.41. The first-order chi connectivity index (χ1) is 13.0. The average molecular weight is 393 g/mol. The van der Waals surface area contributed by atoms with Crippen LogP contribution in [0.4, 0.5) is 4.79 Å². The van der Waals surface area contributed by atoms with E-state index in [1.165, 1.54) is 11.1 Å². The summed E-state index contributed by atoms with van der Waals surface area (Å²) >= 11 is 1.95. The van der Waals surface area contributed by atoms with Crippen LogP contribution in [0.15, 0.2) is 23.3 Å². The third-order valence-electron chi connectivity index (χ3n) is 5.51. The van der Waals surface area contributed by atoms with Crippen LogP contribution in [0.1, 0.15) is 78.6 Å². The third-order valence-corrected chi connectivity index (χ3v) is 7.02. The number of carbonyl (C=O) groups is 2. The van der Waals surface area contributed by atoms with Crippen LogP contribution in [0.5, 0.6) is 0 Å². The predicted octanol–water partition coefficient (Wildman–Crippen LogP) is 5.14. The van der Waals surface area contributed by atoms with Crippen LogP contribution < -0.4 is 10.6 Å². The van der Waals surface area contributed by atoms with Crippen molar-refractivity contribution in [3.05, 3.63) is 23.3 Å². The summed E-state index contributed by atoms with van der Waals surface area (Å²) in [7, 11) is 0. The number of fused-ring (bicyclic) bond motifs is 1. The summed E-state index contributed by atoms with van der Waals surface area (Å²) in [6.07, 6.45) is 13.3. The maximum atomic E-state index is 12.1. The number of amides is 2. The van der Waals surface area contributed by atoms with Gasteiger partial charge in [0, 0.05) is 23.8 Å². The second kappa shape index (κ2) is 11.6.